The third-order valence-electron chi connectivity index (χ3n) is 3.80. The number of amides is 1. The van der Waals surface area contributed by atoms with E-state index in [-0.39, 0.29) is 5.91 Å². The van der Waals surface area contributed by atoms with E-state index in [1.54, 1.807) is 0 Å². The molecule has 0 spiro atoms. The minimum Gasteiger partial charge on any atom is -0.340 e. The van der Waals surface area contributed by atoms with Crippen LogP contribution in [-0.4, -0.2) is 29.9 Å². The molecular formula is C15H21BrN2O. The second-order valence-electron chi connectivity index (χ2n) is 5.47. The van der Waals surface area contributed by atoms with E-state index in [1.807, 2.05) is 43.1 Å². The molecular weight excluding hydrogens is 304 g/mol. The molecule has 0 aliphatic carbocycles. The van der Waals surface area contributed by atoms with Crippen LogP contribution in [0.4, 0.5) is 0 Å². The Bertz CT molecular complexity index is 455. The molecule has 1 fully saturated rings. The Morgan fingerprint density at radius 2 is 2.16 bits per heavy atom. The van der Waals surface area contributed by atoms with Crippen LogP contribution < -0.4 is 5.32 Å². The lowest BCUT2D eigenvalue weighted by atomic mass is 9.89. The zero-order valence-electron chi connectivity index (χ0n) is 11.6. The molecule has 1 amide bonds. The van der Waals surface area contributed by atoms with Crippen molar-refractivity contribution in [3.8, 4) is 0 Å². The van der Waals surface area contributed by atoms with Crippen molar-refractivity contribution in [1.29, 1.82) is 0 Å². The van der Waals surface area contributed by atoms with Crippen LogP contribution in [0.3, 0.4) is 0 Å². The van der Waals surface area contributed by atoms with Crippen molar-refractivity contribution in [2.75, 3.05) is 13.6 Å². The Kier molecular flexibility index (Phi) is 4.63. The highest BCUT2D eigenvalue weighted by atomic mass is 79.9. The number of rotatable bonds is 3. The van der Waals surface area contributed by atoms with Gasteiger partial charge < -0.3 is 10.2 Å². The van der Waals surface area contributed by atoms with E-state index in [0.717, 1.165) is 35.8 Å². The Labute approximate surface area is 123 Å². The van der Waals surface area contributed by atoms with Gasteiger partial charge in [0.05, 0.1) is 5.54 Å². The van der Waals surface area contributed by atoms with E-state index in [1.165, 1.54) is 0 Å². The normalized spacial score (nSPS) is 23.1. The Balaban J connectivity index is 2.05. The quantitative estimate of drug-likeness (QED) is 0.927. The van der Waals surface area contributed by atoms with Gasteiger partial charge in [0.15, 0.2) is 0 Å². The molecule has 0 bridgehead atoms. The van der Waals surface area contributed by atoms with Crippen molar-refractivity contribution in [2.24, 2.45) is 0 Å². The van der Waals surface area contributed by atoms with Gasteiger partial charge in [-0.25, -0.2) is 0 Å². The maximum atomic E-state index is 12.6. The van der Waals surface area contributed by atoms with Crippen LogP contribution >= 0.6 is 15.9 Å². The van der Waals surface area contributed by atoms with Gasteiger partial charge in [-0.3, -0.25) is 4.79 Å². The summed E-state index contributed by atoms with van der Waals surface area (Å²) in [5, 5.41) is 3.37. The Hall–Kier alpha value is -0.870. The molecule has 1 aromatic rings. The van der Waals surface area contributed by atoms with Gasteiger partial charge in [0, 0.05) is 18.1 Å². The van der Waals surface area contributed by atoms with Gasteiger partial charge in [0.2, 0.25) is 5.91 Å². The van der Waals surface area contributed by atoms with Gasteiger partial charge >= 0.3 is 0 Å². The van der Waals surface area contributed by atoms with Crippen molar-refractivity contribution in [2.45, 2.75) is 38.3 Å². The lowest BCUT2D eigenvalue weighted by Gasteiger charge is -2.36. The molecule has 19 heavy (non-hydrogen) atoms. The summed E-state index contributed by atoms with van der Waals surface area (Å²) >= 11 is 3.53. The highest BCUT2D eigenvalue weighted by molar-refractivity contribution is 9.10. The maximum Gasteiger partial charge on any atom is 0.242 e. The van der Waals surface area contributed by atoms with Crippen molar-refractivity contribution < 1.29 is 4.79 Å². The summed E-state index contributed by atoms with van der Waals surface area (Å²) in [5.74, 6) is 0.183. The first-order valence-electron chi connectivity index (χ1n) is 6.77. The smallest absolute Gasteiger partial charge is 0.242 e. The highest BCUT2D eigenvalue weighted by Crippen LogP contribution is 2.23. The van der Waals surface area contributed by atoms with Crippen molar-refractivity contribution in [3.05, 3.63) is 34.3 Å². The van der Waals surface area contributed by atoms with Gasteiger partial charge in [-0.2, -0.15) is 0 Å². The molecule has 1 saturated heterocycles. The van der Waals surface area contributed by atoms with Crippen LogP contribution in [0, 0.1) is 0 Å². The predicted molar refractivity (Wildman–Crippen MR) is 80.9 cm³/mol. The van der Waals surface area contributed by atoms with Gasteiger partial charge in [0.1, 0.15) is 0 Å². The number of piperidine rings is 1. The van der Waals surface area contributed by atoms with Crippen molar-refractivity contribution >= 4 is 21.8 Å². The molecule has 1 aliphatic heterocycles. The minimum absolute atomic E-state index is 0.183. The summed E-state index contributed by atoms with van der Waals surface area (Å²) in [6.45, 7) is 3.59. The molecule has 2 rings (SSSR count). The van der Waals surface area contributed by atoms with Gasteiger partial charge in [-0.1, -0.05) is 34.1 Å². The zero-order chi connectivity index (χ0) is 13.9. The molecule has 1 aliphatic rings. The minimum atomic E-state index is -0.395. The molecule has 1 N–H and O–H groups in total. The van der Waals surface area contributed by atoms with Crippen LogP contribution in [0.25, 0.3) is 0 Å². The van der Waals surface area contributed by atoms with Crippen molar-refractivity contribution in [1.82, 2.24) is 10.2 Å². The number of likely N-dealkylation sites (N-methyl/N-ethyl adjacent to an activating group) is 1. The van der Waals surface area contributed by atoms with E-state index in [0.29, 0.717) is 6.54 Å². The number of carbonyl (C=O) groups is 1. The third kappa shape index (κ3) is 3.37. The van der Waals surface area contributed by atoms with E-state index < -0.39 is 5.54 Å². The lowest BCUT2D eigenvalue weighted by molar-refractivity contribution is -0.137. The zero-order valence-corrected chi connectivity index (χ0v) is 13.2. The fourth-order valence-corrected chi connectivity index (χ4v) is 3.02. The Morgan fingerprint density at radius 3 is 2.79 bits per heavy atom. The molecule has 0 radical (unpaired) electrons. The predicted octanol–water partition coefficient (Wildman–Crippen LogP) is 2.94. The number of benzene rings is 1. The lowest BCUT2D eigenvalue weighted by Crippen LogP contribution is -2.57. The number of hydrogen-bond acceptors (Lipinski definition) is 2. The summed E-state index contributed by atoms with van der Waals surface area (Å²) in [5.41, 5.74) is 0.742. The number of carbonyl (C=O) groups excluding carboxylic acids is 1. The molecule has 1 heterocycles. The summed E-state index contributed by atoms with van der Waals surface area (Å²) in [4.78, 5) is 14.4. The van der Waals surface area contributed by atoms with E-state index >= 15 is 0 Å². The molecule has 1 atom stereocenters. The summed E-state index contributed by atoms with van der Waals surface area (Å²) < 4.78 is 1.05. The average molecular weight is 325 g/mol. The first-order chi connectivity index (χ1) is 9.03. The van der Waals surface area contributed by atoms with E-state index in [4.69, 9.17) is 0 Å². The van der Waals surface area contributed by atoms with Crippen LogP contribution in [0.2, 0.25) is 0 Å². The van der Waals surface area contributed by atoms with Crippen molar-refractivity contribution in [3.63, 3.8) is 0 Å². The van der Waals surface area contributed by atoms with Gasteiger partial charge in [-0.05, 0) is 44.4 Å². The topological polar surface area (TPSA) is 32.3 Å². The molecule has 1 aromatic carbocycles. The second kappa shape index (κ2) is 6.06. The number of nitrogens with zero attached hydrogens (tertiary/aromatic N) is 1. The SMILES string of the molecule is CN(Cc1ccccc1Br)C(=O)C1(C)CCCCN1. The number of halogens is 1. The van der Waals surface area contributed by atoms with Gasteiger partial charge in [-0.15, -0.1) is 0 Å². The highest BCUT2D eigenvalue weighted by Gasteiger charge is 2.36. The molecule has 3 nitrogen and oxygen atoms in total. The fourth-order valence-electron chi connectivity index (χ4n) is 2.61. The maximum absolute atomic E-state index is 12.6. The first-order valence-corrected chi connectivity index (χ1v) is 7.56. The monoisotopic (exact) mass is 324 g/mol. The third-order valence-corrected chi connectivity index (χ3v) is 4.58. The summed E-state index contributed by atoms with van der Waals surface area (Å²) in [6, 6.07) is 8.04. The Morgan fingerprint density at radius 1 is 1.42 bits per heavy atom. The van der Waals surface area contributed by atoms with Crippen LogP contribution in [0.1, 0.15) is 31.7 Å². The molecule has 104 valence electrons. The largest absolute Gasteiger partial charge is 0.340 e. The second-order valence-corrected chi connectivity index (χ2v) is 6.32. The average Bonchev–Trinajstić information content (AvgIpc) is 2.41. The standard InChI is InChI=1S/C15H21BrN2O/c1-15(9-5-6-10-17-15)14(19)18(2)11-12-7-3-4-8-13(12)16/h3-4,7-8,17H,5-6,9-11H2,1-2H3. The van der Waals surface area contributed by atoms with Crippen LogP contribution in [0.15, 0.2) is 28.7 Å². The van der Waals surface area contributed by atoms with Crippen LogP contribution in [-0.2, 0) is 11.3 Å². The molecule has 0 saturated carbocycles. The fraction of sp³-hybridized carbons (Fsp3) is 0.533. The summed E-state index contributed by atoms with van der Waals surface area (Å²) in [7, 11) is 1.88. The molecule has 1 unspecified atom stereocenters. The number of nitrogens with one attached hydrogen (secondary N) is 1. The first kappa shape index (κ1) is 14.5. The van der Waals surface area contributed by atoms with E-state index in [2.05, 4.69) is 21.2 Å². The molecule has 4 heteroatoms. The van der Waals surface area contributed by atoms with E-state index in [9.17, 15) is 4.79 Å². The van der Waals surface area contributed by atoms with Crippen LogP contribution in [0.5, 0.6) is 0 Å². The molecule has 0 aromatic heterocycles. The number of hydrogen-bond donors (Lipinski definition) is 1. The van der Waals surface area contributed by atoms with Gasteiger partial charge in [0.25, 0.3) is 0 Å². The summed E-state index contributed by atoms with van der Waals surface area (Å²) in [6.07, 6.45) is 3.21.